The molecule has 0 aromatic carbocycles. The minimum atomic E-state index is 0.620. The molecule has 3 heteroatoms. The molecule has 2 rings (SSSR count). The fourth-order valence-electron chi connectivity index (χ4n) is 2.37. The summed E-state index contributed by atoms with van der Waals surface area (Å²) in [6, 6.07) is 2.23. The number of nitrogens with one attached hydrogen (secondary N) is 1. The highest BCUT2D eigenvalue weighted by molar-refractivity contribution is 7.71. The molecule has 78 valence electrons. The highest BCUT2D eigenvalue weighted by Gasteiger charge is 2.16. The van der Waals surface area contributed by atoms with E-state index in [2.05, 4.69) is 18.0 Å². The molecule has 15 heavy (non-hydrogen) atoms. The highest BCUT2D eigenvalue weighted by Crippen LogP contribution is 2.26. The number of nitrogens with zero attached hydrogens (tertiary/aromatic N) is 1. The van der Waals surface area contributed by atoms with Gasteiger partial charge in [0.25, 0.3) is 0 Å². The van der Waals surface area contributed by atoms with E-state index in [1.165, 1.54) is 29.7 Å². The van der Waals surface area contributed by atoms with Crippen molar-refractivity contribution in [2.24, 2.45) is 0 Å². The molecule has 0 amide bonds. The van der Waals surface area contributed by atoms with Crippen molar-refractivity contribution in [3.63, 3.8) is 0 Å². The first-order valence-corrected chi connectivity index (χ1v) is 5.85. The van der Waals surface area contributed by atoms with Crippen LogP contribution < -0.4 is 0 Å². The molecule has 1 heterocycles. The van der Waals surface area contributed by atoms with Gasteiger partial charge in [-0.15, -0.1) is 0 Å². The number of rotatable bonds is 1. The topological polar surface area (TPSA) is 39.6 Å². The molecule has 1 aliphatic carbocycles. The van der Waals surface area contributed by atoms with Crippen molar-refractivity contribution in [2.45, 2.75) is 39.0 Å². The van der Waals surface area contributed by atoms with E-state index in [0.29, 0.717) is 10.2 Å². The van der Waals surface area contributed by atoms with Gasteiger partial charge in [0.1, 0.15) is 10.7 Å². The zero-order valence-corrected chi connectivity index (χ0v) is 9.71. The molecule has 1 aromatic heterocycles. The molecule has 1 aliphatic rings. The van der Waals surface area contributed by atoms with E-state index >= 15 is 0 Å². The molecule has 0 atom stereocenters. The van der Waals surface area contributed by atoms with Crippen LogP contribution in [0.5, 0.6) is 0 Å². The highest BCUT2D eigenvalue weighted by atomic mass is 32.1. The van der Waals surface area contributed by atoms with E-state index in [1.807, 2.05) is 0 Å². The molecule has 0 spiro atoms. The predicted molar refractivity (Wildman–Crippen MR) is 62.4 cm³/mol. The third kappa shape index (κ3) is 1.70. The minimum absolute atomic E-state index is 0.620. The monoisotopic (exact) mass is 218 g/mol. The van der Waals surface area contributed by atoms with Gasteiger partial charge in [-0.25, -0.2) is 0 Å². The van der Waals surface area contributed by atoms with Gasteiger partial charge in [-0.2, -0.15) is 5.26 Å². The predicted octanol–water partition coefficient (Wildman–Crippen LogP) is 3.06. The van der Waals surface area contributed by atoms with Crippen LogP contribution in [0.25, 0.3) is 0 Å². The summed E-state index contributed by atoms with van der Waals surface area (Å²) in [5, 5.41) is 9.10. The SMILES string of the molecule is CCc1c2c([nH]c(=S)c1C#N)CCCC2. The Hall–Kier alpha value is -1.14. The second-order valence-electron chi connectivity index (χ2n) is 3.94. The normalized spacial score (nSPS) is 14.4. The number of pyridine rings is 1. The number of aryl methyl sites for hydroxylation is 1. The zero-order chi connectivity index (χ0) is 10.8. The van der Waals surface area contributed by atoms with Gasteiger partial charge in [-0.3, -0.25) is 0 Å². The van der Waals surface area contributed by atoms with E-state index in [9.17, 15) is 0 Å². The number of hydrogen-bond acceptors (Lipinski definition) is 2. The third-order valence-corrected chi connectivity index (χ3v) is 3.40. The molecule has 2 nitrogen and oxygen atoms in total. The van der Waals surface area contributed by atoms with Crippen LogP contribution in [0.3, 0.4) is 0 Å². The zero-order valence-electron chi connectivity index (χ0n) is 8.89. The first kappa shape index (κ1) is 10.4. The van der Waals surface area contributed by atoms with Gasteiger partial charge in [0, 0.05) is 5.69 Å². The first-order valence-electron chi connectivity index (χ1n) is 5.45. The third-order valence-electron chi connectivity index (χ3n) is 3.09. The smallest absolute Gasteiger partial charge is 0.121 e. The molecular weight excluding hydrogens is 204 g/mol. The van der Waals surface area contributed by atoms with Gasteiger partial charge in [0.15, 0.2) is 0 Å². The Morgan fingerprint density at radius 2 is 2.13 bits per heavy atom. The van der Waals surface area contributed by atoms with Crippen molar-refractivity contribution in [3.8, 4) is 6.07 Å². The van der Waals surface area contributed by atoms with Crippen molar-refractivity contribution >= 4 is 12.2 Å². The summed E-state index contributed by atoms with van der Waals surface area (Å²) in [5.41, 5.74) is 4.49. The van der Waals surface area contributed by atoms with Crippen molar-refractivity contribution in [3.05, 3.63) is 27.0 Å². The standard InChI is InChI=1S/C12H14N2S/c1-2-8-9-5-3-4-6-11(9)14-12(15)10(8)7-13/h2-6H2,1H3,(H,14,15). The largest absolute Gasteiger partial charge is 0.349 e. The molecule has 0 unspecified atom stereocenters. The quantitative estimate of drug-likeness (QED) is 0.736. The van der Waals surface area contributed by atoms with Crippen molar-refractivity contribution < 1.29 is 0 Å². The van der Waals surface area contributed by atoms with Gasteiger partial charge in [0.2, 0.25) is 0 Å². The molecular formula is C12H14N2S. The van der Waals surface area contributed by atoms with Gasteiger partial charge < -0.3 is 4.98 Å². The summed E-state index contributed by atoms with van der Waals surface area (Å²) in [6.45, 7) is 2.10. The van der Waals surface area contributed by atoms with E-state index in [1.54, 1.807) is 0 Å². The Morgan fingerprint density at radius 3 is 2.80 bits per heavy atom. The van der Waals surface area contributed by atoms with Crippen LogP contribution in [-0.4, -0.2) is 4.98 Å². The van der Waals surface area contributed by atoms with Crippen LogP contribution in [0, 0.1) is 16.0 Å². The average Bonchev–Trinajstić information content (AvgIpc) is 2.27. The molecule has 1 N–H and O–H groups in total. The lowest BCUT2D eigenvalue weighted by Crippen LogP contribution is -2.11. The van der Waals surface area contributed by atoms with Gasteiger partial charge in [-0.1, -0.05) is 19.1 Å². The van der Waals surface area contributed by atoms with Crippen LogP contribution in [-0.2, 0) is 19.3 Å². The summed E-state index contributed by atoms with van der Waals surface area (Å²) in [5.74, 6) is 0. The number of aromatic nitrogens is 1. The summed E-state index contributed by atoms with van der Waals surface area (Å²) in [7, 11) is 0. The van der Waals surface area contributed by atoms with E-state index < -0.39 is 0 Å². The maximum absolute atomic E-state index is 9.10. The maximum atomic E-state index is 9.10. The Kier molecular flexibility index (Phi) is 2.88. The Bertz CT molecular complexity index is 480. The lowest BCUT2D eigenvalue weighted by Gasteiger charge is -2.19. The van der Waals surface area contributed by atoms with Crippen molar-refractivity contribution in [1.82, 2.24) is 4.98 Å². The summed E-state index contributed by atoms with van der Waals surface area (Å²) >= 11 is 5.21. The maximum Gasteiger partial charge on any atom is 0.121 e. The Balaban J connectivity index is 2.72. The number of hydrogen-bond donors (Lipinski definition) is 1. The molecule has 0 bridgehead atoms. The minimum Gasteiger partial charge on any atom is -0.349 e. The Labute approximate surface area is 95.0 Å². The first-order chi connectivity index (χ1) is 7.27. The van der Waals surface area contributed by atoms with Gasteiger partial charge in [0.05, 0.1) is 5.56 Å². The van der Waals surface area contributed by atoms with Crippen LogP contribution >= 0.6 is 12.2 Å². The number of nitriles is 1. The molecule has 0 saturated heterocycles. The average molecular weight is 218 g/mol. The second kappa shape index (κ2) is 4.16. The van der Waals surface area contributed by atoms with Crippen LogP contribution in [0.2, 0.25) is 0 Å². The van der Waals surface area contributed by atoms with Crippen LogP contribution in [0.4, 0.5) is 0 Å². The van der Waals surface area contributed by atoms with E-state index in [-0.39, 0.29) is 0 Å². The number of aromatic amines is 1. The van der Waals surface area contributed by atoms with Crippen molar-refractivity contribution in [1.29, 1.82) is 5.26 Å². The molecule has 0 saturated carbocycles. The van der Waals surface area contributed by atoms with Gasteiger partial charge in [-0.05, 0) is 43.2 Å². The lowest BCUT2D eigenvalue weighted by atomic mass is 9.89. The summed E-state index contributed by atoms with van der Waals surface area (Å²) < 4.78 is 0.620. The van der Waals surface area contributed by atoms with Gasteiger partial charge >= 0.3 is 0 Å². The number of H-pyrrole nitrogens is 1. The molecule has 1 aromatic rings. The van der Waals surface area contributed by atoms with Crippen molar-refractivity contribution in [2.75, 3.05) is 0 Å². The van der Waals surface area contributed by atoms with E-state index in [4.69, 9.17) is 17.5 Å². The van der Waals surface area contributed by atoms with Crippen LogP contribution in [0.15, 0.2) is 0 Å². The summed E-state index contributed by atoms with van der Waals surface area (Å²) in [6.07, 6.45) is 5.54. The second-order valence-corrected chi connectivity index (χ2v) is 4.35. The summed E-state index contributed by atoms with van der Waals surface area (Å²) in [4.78, 5) is 3.21. The number of fused-ring (bicyclic) bond motifs is 1. The van der Waals surface area contributed by atoms with E-state index in [0.717, 1.165) is 19.3 Å². The van der Waals surface area contributed by atoms with Crippen LogP contribution in [0.1, 0.15) is 42.1 Å². The molecule has 0 fully saturated rings. The molecule has 0 aliphatic heterocycles. The molecule has 0 radical (unpaired) electrons. The fraction of sp³-hybridized carbons (Fsp3) is 0.500. The fourth-order valence-corrected chi connectivity index (χ4v) is 2.66. The lowest BCUT2D eigenvalue weighted by molar-refractivity contribution is 0.659. The Morgan fingerprint density at radius 1 is 1.40 bits per heavy atom.